The van der Waals surface area contributed by atoms with Crippen molar-refractivity contribution in [2.45, 2.75) is 31.8 Å². The smallest absolute Gasteiger partial charge is 0.0587 e. The SMILES string of the molecule is C[C@H]1C2CC(C2)NC1CO. The van der Waals surface area contributed by atoms with Crippen molar-refractivity contribution in [3.05, 3.63) is 0 Å². The number of piperidine rings is 2. The van der Waals surface area contributed by atoms with Gasteiger partial charge < -0.3 is 10.4 Å². The molecule has 0 amide bonds. The van der Waals surface area contributed by atoms with E-state index in [9.17, 15) is 0 Å². The van der Waals surface area contributed by atoms with Crippen LogP contribution >= 0.6 is 0 Å². The fourth-order valence-electron chi connectivity index (χ4n) is 2.23. The number of aliphatic hydroxyl groups excluding tert-OH is 1. The van der Waals surface area contributed by atoms with E-state index in [1.807, 2.05) is 0 Å². The molecule has 3 aliphatic rings. The van der Waals surface area contributed by atoms with Gasteiger partial charge in [0.15, 0.2) is 0 Å². The molecule has 0 aromatic carbocycles. The highest BCUT2D eigenvalue weighted by molar-refractivity contribution is 4.98. The second-order valence-corrected chi connectivity index (χ2v) is 3.74. The lowest BCUT2D eigenvalue weighted by atomic mass is 9.66. The largest absolute Gasteiger partial charge is 0.395 e. The van der Waals surface area contributed by atoms with Crippen LogP contribution in [0.4, 0.5) is 0 Å². The standard InChI is InChI=1S/C8H15NO/c1-5-6-2-7(3-6)9-8(5)4-10/h5-10H,2-4H2,1H3/t5-,6?,7?,8?/m0/s1. The molecule has 2 atom stereocenters. The Labute approximate surface area is 61.6 Å². The highest BCUT2D eigenvalue weighted by atomic mass is 16.3. The van der Waals surface area contributed by atoms with Crippen molar-refractivity contribution in [3.8, 4) is 0 Å². The lowest BCUT2D eigenvalue weighted by molar-refractivity contribution is 0.0286. The quantitative estimate of drug-likeness (QED) is 0.553. The van der Waals surface area contributed by atoms with Crippen molar-refractivity contribution in [3.63, 3.8) is 0 Å². The molecule has 2 aliphatic heterocycles. The molecule has 1 saturated carbocycles. The topological polar surface area (TPSA) is 32.3 Å². The molecule has 2 nitrogen and oxygen atoms in total. The lowest BCUT2D eigenvalue weighted by Gasteiger charge is -2.50. The molecule has 1 unspecified atom stereocenters. The Morgan fingerprint density at radius 2 is 2.20 bits per heavy atom. The fraction of sp³-hybridized carbons (Fsp3) is 1.00. The van der Waals surface area contributed by atoms with Crippen LogP contribution in [0.5, 0.6) is 0 Å². The zero-order valence-electron chi connectivity index (χ0n) is 6.38. The van der Waals surface area contributed by atoms with Gasteiger partial charge in [0.1, 0.15) is 0 Å². The molecule has 2 bridgehead atoms. The summed E-state index contributed by atoms with van der Waals surface area (Å²) in [5.41, 5.74) is 0. The van der Waals surface area contributed by atoms with Gasteiger partial charge in [-0.25, -0.2) is 0 Å². The summed E-state index contributed by atoms with van der Waals surface area (Å²) in [6.45, 7) is 2.56. The molecule has 2 saturated heterocycles. The maximum Gasteiger partial charge on any atom is 0.0587 e. The van der Waals surface area contributed by atoms with Gasteiger partial charge in [0.2, 0.25) is 0 Å². The van der Waals surface area contributed by atoms with E-state index in [1.54, 1.807) is 0 Å². The molecule has 2 heterocycles. The van der Waals surface area contributed by atoms with Crippen molar-refractivity contribution < 1.29 is 5.11 Å². The molecule has 0 radical (unpaired) electrons. The van der Waals surface area contributed by atoms with E-state index in [4.69, 9.17) is 5.11 Å². The molecule has 0 spiro atoms. The molecule has 58 valence electrons. The second-order valence-electron chi connectivity index (χ2n) is 3.74. The Hall–Kier alpha value is -0.0800. The summed E-state index contributed by atoms with van der Waals surface area (Å²) in [4.78, 5) is 0. The molecule has 0 aromatic rings. The minimum atomic E-state index is 0.314. The first kappa shape index (κ1) is 6.62. The predicted molar refractivity (Wildman–Crippen MR) is 39.7 cm³/mol. The van der Waals surface area contributed by atoms with Crippen molar-refractivity contribution in [1.82, 2.24) is 5.32 Å². The average Bonchev–Trinajstić information content (AvgIpc) is 1.85. The first-order valence-corrected chi connectivity index (χ1v) is 4.18. The highest BCUT2D eigenvalue weighted by Crippen LogP contribution is 2.40. The third-order valence-electron chi connectivity index (χ3n) is 3.20. The predicted octanol–water partition coefficient (Wildman–Crippen LogP) is 0.365. The zero-order valence-corrected chi connectivity index (χ0v) is 6.38. The Bertz CT molecular complexity index is 131. The molecule has 2 heteroatoms. The summed E-state index contributed by atoms with van der Waals surface area (Å²) in [5.74, 6) is 1.60. The number of nitrogens with one attached hydrogen (secondary N) is 1. The average molecular weight is 141 g/mol. The summed E-state index contributed by atoms with van der Waals surface area (Å²) < 4.78 is 0. The molecular weight excluding hydrogens is 126 g/mol. The van der Waals surface area contributed by atoms with Crippen LogP contribution in [0, 0.1) is 11.8 Å². The number of aliphatic hydroxyl groups is 1. The van der Waals surface area contributed by atoms with E-state index in [0.29, 0.717) is 18.6 Å². The van der Waals surface area contributed by atoms with Gasteiger partial charge in [0.25, 0.3) is 0 Å². The van der Waals surface area contributed by atoms with Gasteiger partial charge in [0, 0.05) is 12.1 Å². The molecule has 3 fully saturated rings. The van der Waals surface area contributed by atoms with Crippen molar-refractivity contribution in [1.29, 1.82) is 0 Å². The number of hydrogen-bond donors (Lipinski definition) is 2. The van der Waals surface area contributed by atoms with E-state index >= 15 is 0 Å². The van der Waals surface area contributed by atoms with Gasteiger partial charge in [0.05, 0.1) is 6.61 Å². The van der Waals surface area contributed by atoms with Gasteiger partial charge in [-0.05, 0) is 24.7 Å². The summed E-state index contributed by atoms with van der Waals surface area (Å²) in [6, 6.07) is 1.12. The van der Waals surface area contributed by atoms with Gasteiger partial charge in [-0.15, -0.1) is 0 Å². The third kappa shape index (κ3) is 0.789. The van der Waals surface area contributed by atoms with Crippen molar-refractivity contribution in [2.24, 2.45) is 11.8 Å². The Balaban J connectivity index is 1.99. The van der Waals surface area contributed by atoms with E-state index in [0.717, 1.165) is 12.0 Å². The Morgan fingerprint density at radius 3 is 2.60 bits per heavy atom. The highest BCUT2D eigenvalue weighted by Gasteiger charge is 2.42. The van der Waals surface area contributed by atoms with Crippen LogP contribution < -0.4 is 5.32 Å². The Kier molecular flexibility index (Phi) is 1.46. The third-order valence-corrected chi connectivity index (χ3v) is 3.20. The monoisotopic (exact) mass is 141 g/mol. The molecule has 0 aromatic heterocycles. The van der Waals surface area contributed by atoms with Crippen LogP contribution in [0.3, 0.4) is 0 Å². The molecular formula is C8H15NO. The van der Waals surface area contributed by atoms with Crippen LogP contribution in [-0.4, -0.2) is 23.8 Å². The molecule has 10 heavy (non-hydrogen) atoms. The maximum absolute atomic E-state index is 8.94. The number of rotatable bonds is 1. The van der Waals surface area contributed by atoms with Gasteiger partial charge in [-0.3, -0.25) is 0 Å². The number of fused-ring (bicyclic) bond motifs is 2. The van der Waals surface area contributed by atoms with Crippen LogP contribution in [0.15, 0.2) is 0 Å². The summed E-state index contributed by atoms with van der Waals surface area (Å²) >= 11 is 0. The van der Waals surface area contributed by atoms with Gasteiger partial charge >= 0.3 is 0 Å². The summed E-state index contributed by atoms with van der Waals surface area (Å²) in [7, 11) is 0. The normalized spacial score (nSPS) is 52.2. The van der Waals surface area contributed by atoms with Gasteiger partial charge in [-0.2, -0.15) is 0 Å². The van der Waals surface area contributed by atoms with Crippen LogP contribution in [0.2, 0.25) is 0 Å². The minimum absolute atomic E-state index is 0.314. The van der Waals surface area contributed by atoms with Crippen LogP contribution in [-0.2, 0) is 0 Å². The van der Waals surface area contributed by atoms with Crippen LogP contribution in [0.1, 0.15) is 19.8 Å². The van der Waals surface area contributed by atoms with E-state index in [-0.39, 0.29) is 0 Å². The maximum atomic E-state index is 8.94. The summed E-state index contributed by atoms with van der Waals surface area (Å²) in [5, 5.41) is 12.4. The van der Waals surface area contributed by atoms with E-state index in [2.05, 4.69) is 12.2 Å². The first-order chi connectivity index (χ1) is 4.81. The number of hydrogen-bond acceptors (Lipinski definition) is 2. The molecule has 1 aliphatic carbocycles. The van der Waals surface area contributed by atoms with Crippen LogP contribution in [0.25, 0.3) is 0 Å². The first-order valence-electron chi connectivity index (χ1n) is 4.18. The summed E-state index contributed by atoms with van der Waals surface area (Å²) in [6.07, 6.45) is 2.69. The minimum Gasteiger partial charge on any atom is -0.395 e. The van der Waals surface area contributed by atoms with Gasteiger partial charge in [-0.1, -0.05) is 6.92 Å². The second kappa shape index (κ2) is 2.21. The molecule has 3 rings (SSSR count). The van der Waals surface area contributed by atoms with Crippen molar-refractivity contribution in [2.75, 3.05) is 6.61 Å². The van der Waals surface area contributed by atoms with Crippen molar-refractivity contribution >= 4 is 0 Å². The van der Waals surface area contributed by atoms with E-state index < -0.39 is 0 Å². The fourth-order valence-corrected chi connectivity index (χ4v) is 2.23. The Morgan fingerprint density at radius 1 is 1.50 bits per heavy atom. The lowest BCUT2D eigenvalue weighted by Crippen LogP contribution is -2.60. The zero-order chi connectivity index (χ0) is 7.14. The van der Waals surface area contributed by atoms with E-state index in [1.165, 1.54) is 12.8 Å². The molecule has 2 N–H and O–H groups in total.